The summed E-state index contributed by atoms with van der Waals surface area (Å²) in [6.45, 7) is 2.72. The summed E-state index contributed by atoms with van der Waals surface area (Å²) in [6.07, 6.45) is 2.01. The molecular formula is C21H25N3O5S. The Labute approximate surface area is 176 Å². The molecular weight excluding hydrogens is 406 g/mol. The van der Waals surface area contributed by atoms with Gasteiger partial charge in [0.05, 0.1) is 32.2 Å². The van der Waals surface area contributed by atoms with Gasteiger partial charge in [-0.3, -0.25) is 9.52 Å². The molecule has 0 fully saturated rings. The van der Waals surface area contributed by atoms with Gasteiger partial charge in [-0.1, -0.05) is 12.1 Å². The smallest absolute Gasteiger partial charge is 0.243 e. The highest BCUT2D eigenvalue weighted by Gasteiger charge is 2.22. The van der Waals surface area contributed by atoms with Crippen LogP contribution in [0.3, 0.4) is 0 Å². The van der Waals surface area contributed by atoms with E-state index in [2.05, 4.69) is 9.82 Å². The molecule has 1 heterocycles. The van der Waals surface area contributed by atoms with Crippen molar-refractivity contribution in [1.82, 2.24) is 5.01 Å². The van der Waals surface area contributed by atoms with Gasteiger partial charge in [-0.25, -0.2) is 13.4 Å². The first-order valence-electron chi connectivity index (χ1n) is 9.55. The van der Waals surface area contributed by atoms with Crippen LogP contribution in [0.4, 0.5) is 5.69 Å². The number of nitrogens with zero attached hydrogens (tertiary/aromatic N) is 2. The highest BCUT2D eigenvalue weighted by Crippen LogP contribution is 2.30. The van der Waals surface area contributed by atoms with Gasteiger partial charge in [-0.05, 0) is 42.8 Å². The van der Waals surface area contributed by atoms with Gasteiger partial charge in [0.2, 0.25) is 15.9 Å². The van der Waals surface area contributed by atoms with Crippen LogP contribution in [0.5, 0.6) is 11.5 Å². The van der Waals surface area contributed by atoms with Gasteiger partial charge in [0.1, 0.15) is 0 Å². The van der Waals surface area contributed by atoms with Crippen LogP contribution in [-0.4, -0.2) is 45.0 Å². The lowest BCUT2D eigenvalue weighted by molar-refractivity contribution is -0.132. The SMILES string of the molecule is CCOc1cc(C2=NN(Cc3ccc(NS(C)(=O)=O)cc3)C(=O)CC2)ccc1OC. The Morgan fingerprint density at radius 1 is 1.10 bits per heavy atom. The number of hydrazone groups is 1. The quantitative estimate of drug-likeness (QED) is 0.693. The highest BCUT2D eigenvalue weighted by molar-refractivity contribution is 7.92. The molecule has 160 valence electrons. The van der Waals surface area contributed by atoms with Gasteiger partial charge in [0.25, 0.3) is 0 Å². The molecule has 0 saturated carbocycles. The Balaban J connectivity index is 1.80. The normalized spacial score (nSPS) is 14.3. The van der Waals surface area contributed by atoms with Crippen molar-refractivity contribution in [3.63, 3.8) is 0 Å². The molecule has 0 radical (unpaired) electrons. The zero-order valence-corrected chi connectivity index (χ0v) is 18.0. The Morgan fingerprint density at radius 3 is 2.47 bits per heavy atom. The molecule has 0 spiro atoms. The number of rotatable bonds is 8. The topological polar surface area (TPSA) is 97.3 Å². The minimum absolute atomic E-state index is 0.0596. The predicted molar refractivity (Wildman–Crippen MR) is 115 cm³/mol. The number of carbonyl (C=O) groups excluding carboxylic acids is 1. The number of anilines is 1. The number of hydrogen-bond donors (Lipinski definition) is 1. The summed E-state index contributed by atoms with van der Waals surface area (Å²) in [5, 5.41) is 6.01. The minimum atomic E-state index is -3.33. The van der Waals surface area contributed by atoms with Crippen molar-refractivity contribution in [2.75, 3.05) is 24.7 Å². The summed E-state index contributed by atoms with van der Waals surface area (Å²) in [5.74, 6) is 1.22. The second kappa shape index (κ2) is 9.17. The van der Waals surface area contributed by atoms with Crippen LogP contribution in [-0.2, 0) is 21.4 Å². The maximum absolute atomic E-state index is 12.4. The molecule has 2 aromatic rings. The first-order chi connectivity index (χ1) is 14.3. The monoisotopic (exact) mass is 431 g/mol. The minimum Gasteiger partial charge on any atom is -0.493 e. The number of benzene rings is 2. The molecule has 0 aromatic heterocycles. The van der Waals surface area contributed by atoms with E-state index in [0.717, 1.165) is 23.1 Å². The molecule has 0 atom stereocenters. The van der Waals surface area contributed by atoms with Gasteiger partial charge in [0, 0.05) is 24.1 Å². The van der Waals surface area contributed by atoms with E-state index in [4.69, 9.17) is 9.47 Å². The van der Waals surface area contributed by atoms with Crippen LogP contribution >= 0.6 is 0 Å². The molecule has 0 saturated heterocycles. The molecule has 0 unspecified atom stereocenters. The fourth-order valence-corrected chi connectivity index (χ4v) is 3.69. The second-order valence-electron chi connectivity index (χ2n) is 6.87. The number of amides is 1. The number of methoxy groups -OCH3 is 1. The van der Waals surface area contributed by atoms with E-state index in [1.165, 1.54) is 5.01 Å². The summed E-state index contributed by atoms with van der Waals surface area (Å²) in [5.41, 5.74) is 2.99. The van der Waals surface area contributed by atoms with Crippen molar-refractivity contribution >= 4 is 27.3 Å². The van der Waals surface area contributed by atoms with Crippen LogP contribution in [0, 0.1) is 0 Å². The first-order valence-corrected chi connectivity index (χ1v) is 11.4. The number of carbonyl (C=O) groups is 1. The lowest BCUT2D eigenvalue weighted by Gasteiger charge is -2.24. The van der Waals surface area contributed by atoms with Crippen molar-refractivity contribution in [3.8, 4) is 11.5 Å². The van der Waals surface area contributed by atoms with E-state index in [0.29, 0.717) is 43.2 Å². The summed E-state index contributed by atoms with van der Waals surface area (Å²) >= 11 is 0. The van der Waals surface area contributed by atoms with Gasteiger partial charge in [0.15, 0.2) is 11.5 Å². The molecule has 1 amide bonds. The zero-order valence-electron chi connectivity index (χ0n) is 17.2. The van der Waals surface area contributed by atoms with E-state index in [1.54, 1.807) is 31.4 Å². The number of sulfonamides is 1. The van der Waals surface area contributed by atoms with Crippen molar-refractivity contribution in [3.05, 3.63) is 53.6 Å². The van der Waals surface area contributed by atoms with E-state index in [9.17, 15) is 13.2 Å². The fraction of sp³-hybridized carbons (Fsp3) is 0.333. The molecule has 0 aliphatic carbocycles. The largest absolute Gasteiger partial charge is 0.493 e. The first kappa shape index (κ1) is 21.6. The molecule has 1 N–H and O–H groups in total. The van der Waals surface area contributed by atoms with Gasteiger partial charge in [-0.15, -0.1) is 0 Å². The zero-order chi connectivity index (χ0) is 21.7. The lowest BCUT2D eigenvalue weighted by atomic mass is 10.0. The van der Waals surface area contributed by atoms with Crippen LogP contribution in [0.1, 0.15) is 30.9 Å². The van der Waals surface area contributed by atoms with Crippen LogP contribution in [0.15, 0.2) is 47.6 Å². The molecule has 30 heavy (non-hydrogen) atoms. The van der Waals surface area contributed by atoms with E-state index in [-0.39, 0.29) is 5.91 Å². The number of hydrogen-bond acceptors (Lipinski definition) is 6. The molecule has 9 heteroatoms. The summed E-state index contributed by atoms with van der Waals surface area (Å²) in [7, 11) is -1.74. The van der Waals surface area contributed by atoms with Gasteiger partial charge in [-0.2, -0.15) is 5.10 Å². The number of ether oxygens (including phenoxy) is 2. The predicted octanol–water partition coefficient (Wildman–Crippen LogP) is 2.99. The van der Waals surface area contributed by atoms with E-state index in [1.807, 2.05) is 25.1 Å². The number of nitrogens with one attached hydrogen (secondary N) is 1. The molecule has 3 rings (SSSR count). The van der Waals surface area contributed by atoms with Crippen molar-refractivity contribution in [2.24, 2.45) is 5.10 Å². The van der Waals surface area contributed by atoms with Crippen molar-refractivity contribution in [1.29, 1.82) is 0 Å². The molecule has 1 aliphatic heterocycles. The Kier molecular flexibility index (Phi) is 6.61. The van der Waals surface area contributed by atoms with E-state index < -0.39 is 10.0 Å². The molecule has 8 nitrogen and oxygen atoms in total. The Bertz CT molecular complexity index is 1050. The van der Waals surface area contributed by atoms with Gasteiger partial charge >= 0.3 is 0 Å². The molecule has 0 bridgehead atoms. The standard InChI is InChI=1S/C21H25N3O5S/c1-4-29-20-13-16(7-11-19(20)28-2)18-10-12-21(25)24(22-18)14-15-5-8-17(9-6-15)23-30(3,26)27/h5-9,11,13,23H,4,10,12,14H2,1-3H3. The fourth-order valence-electron chi connectivity index (χ4n) is 3.12. The van der Waals surface area contributed by atoms with Crippen LogP contribution in [0.25, 0.3) is 0 Å². The van der Waals surface area contributed by atoms with Crippen LogP contribution < -0.4 is 14.2 Å². The Morgan fingerprint density at radius 2 is 1.83 bits per heavy atom. The molecule has 1 aliphatic rings. The third kappa shape index (κ3) is 5.50. The van der Waals surface area contributed by atoms with Crippen molar-refractivity contribution in [2.45, 2.75) is 26.3 Å². The highest BCUT2D eigenvalue weighted by atomic mass is 32.2. The summed E-state index contributed by atoms with van der Waals surface area (Å²) in [4.78, 5) is 12.4. The Hall–Kier alpha value is -3.07. The summed E-state index contributed by atoms with van der Waals surface area (Å²) < 4.78 is 36.0. The lowest BCUT2D eigenvalue weighted by Crippen LogP contribution is -2.31. The molecule has 2 aromatic carbocycles. The van der Waals surface area contributed by atoms with E-state index >= 15 is 0 Å². The average Bonchev–Trinajstić information content (AvgIpc) is 2.70. The van der Waals surface area contributed by atoms with Crippen molar-refractivity contribution < 1.29 is 22.7 Å². The second-order valence-corrected chi connectivity index (χ2v) is 8.62. The van der Waals surface area contributed by atoms with Crippen LogP contribution in [0.2, 0.25) is 0 Å². The maximum atomic E-state index is 12.4. The maximum Gasteiger partial charge on any atom is 0.243 e. The third-order valence-corrected chi connectivity index (χ3v) is 5.10. The average molecular weight is 432 g/mol. The summed E-state index contributed by atoms with van der Waals surface area (Å²) in [6, 6.07) is 12.5. The third-order valence-electron chi connectivity index (χ3n) is 4.49. The van der Waals surface area contributed by atoms with Gasteiger partial charge < -0.3 is 9.47 Å².